The fraction of sp³-hybridized carbons (Fsp3) is 0.143. The number of ether oxygens (including phenoxy) is 1. The smallest absolute Gasteiger partial charge is 0.270 e. The number of nitro benzene ring substituents is 1. The summed E-state index contributed by atoms with van der Waals surface area (Å²) in [4.78, 5) is 10.2. The molecule has 0 spiro atoms. The van der Waals surface area contributed by atoms with Crippen molar-refractivity contribution in [1.29, 1.82) is 0 Å². The number of halogens is 2. The van der Waals surface area contributed by atoms with Gasteiger partial charge in [0.05, 0.1) is 4.92 Å². The minimum atomic E-state index is -0.460. The molecule has 0 aliphatic heterocycles. The van der Waals surface area contributed by atoms with Gasteiger partial charge in [-0.25, -0.2) is 4.39 Å². The van der Waals surface area contributed by atoms with Crippen molar-refractivity contribution in [2.45, 2.75) is 13.5 Å². The standard InChI is InChI=1S/C14H11BrFNO3/c1-9-6-12(4-5-14(9)16)20-8-10-2-3-11(17(18)19)7-13(10)15/h2-7H,8H2,1H3. The molecule has 0 N–H and O–H groups in total. The molecule has 104 valence electrons. The lowest BCUT2D eigenvalue weighted by molar-refractivity contribution is -0.384. The second kappa shape index (κ2) is 6.00. The van der Waals surface area contributed by atoms with Crippen molar-refractivity contribution in [2.24, 2.45) is 0 Å². The van der Waals surface area contributed by atoms with Gasteiger partial charge in [-0.3, -0.25) is 10.1 Å². The molecular weight excluding hydrogens is 329 g/mol. The van der Waals surface area contributed by atoms with E-state index >= 15 is 0 Å². The van der Waals surface area contributed by atoms with Crippen LogP contribution in [0.2, 0.25) is 0 Å². The van der Waals surface area contributed by atoms with Gasteiger partial charge in [-0.05, 0) is 36.8 Å². The van der Waals surface area contributed by atoms with Crippen molar-refractivity contribution in [3.63, 3.8) is 0 Å². The second-order valence-corrected chi connectivity index (χ2v) is 5.09. The normalized spacial score (nSPS) is 10.3. The highest BCUT2D eigenvalue weighted by molar-refractivity contribution is 9.10. The summed E-state index contributed by atoms with van der Waals surface area (Å²) in [5.41, 5.74) is 1.29. The molecule has 0 unspecified atom stereocenters. The van der Waals surface area contributed by atoms with E-state index in [1.54, 1.807) is 25.1 Å². The minimum Gasteiger partial charge on any atom is -0.489 e. The summed E-state index contributed by atoms with van der Waals surface area (Å²) in [5.74, 6) is 0.267. The van der Waals surface area contributed by atoms with Gasteiger partial charge in [-0.2, -0.15) is 0 Å². The predicted molar refractivity (Wildman–Crippen MR) is 76.3 cm³/mol. The topological polar surface area (TPSA) is 52.4 Å². The summed E-state index contributed by atoms with van der Waals surface area (Å²) in [6.45, 7) is 1.90. The van der Waals surface area contributed by atoms with Crippen molar-refractivity contribution in [1.82, 2.24) is 0 Å². The van der Waals surface area contributed by atoms with Crippen LogP contribution in [0, 0.1) is 22.9 Å². The Bertz CT molecular complexity index is 661. The lowest BCUT2D eigenvalue weighted by atomic mass is 10.2. The summed E-state index contributed by atoms with van der Waals surface area (Å²) in [6.07, 6.45) is 0. The van der Waals surface area contributed by atoms with E-state index in [1.165, 1.54) is 18.2 Å². The molecule has 4 nitrogen and oxygen atoms in total. The molecule has 6 heteroatoms. The third-order valence-corrected chi connectivity index (χ3v) is 3.51. The number of aryl methyl sites for hydroxylation is 1. The van der Waals surface area contributed by atoms with Gasteiger partial charge in [-0.1, -0.05) is 15.9 Å². The molecule has 0 bridgehead atoms. The molecule has 0 aliphatic carbocycles. The fourth-order valence-corrected chi connectivity index (χ4v) is 2.12. The predicted octanol–water partition coefficient (Wildman–Crippen LogP) is 4.38. The van der Waals surface area contributed by atoms with Crippen LogP contribution in [0.25, 0.3) is 0 Å². The van der Waals surface area contributed by atoms with Gasteiger partial charge >= 0.3 is 0 Å². The van der Waals surface area contributed by atoms with E-state index < -0.39 is 4.92 Å². The van der Waals surface area contributed by atoms with Gasteiger partial charge in [-0.15, -0.1) is 0 Å². The van der Waals surface area contributed by atoms with E-state index in [-0.39, 0.29) is 18.1 Å². The first-order valence-corrected chi connectivity index (χ1v) is 6.58. The zero-order chi connectivity index (χ0) is 14.7. The van der Waals surface area contributed by atoms with E-state index in [9.17, 15) is 14.5 Å². The molecule has 0 aliphatic rings. The first-order chi connectivity index (χ1) is 9.47. The van der Waals surface area contributed by atoms with Crippen molar-refractivity contribution in [3.05, 3.63) is 67.9 Å². The molecule has 2 rings (SSSR count). The van der Waals surface area contributed by atoms with Crippen LogP contribution in [0.15, 0.2) is 40.9 Å². The quantitative estimate of drug-likeness (QED) is 0.613. The summed E-state index contributed by atoms with van der Waals surface area (Å²) >= 11 is 3.27. The molecule has 20 heavy (non-hydrogen) atoms. The Morgan fingerprint density at radius 2 is 2.05 bits per heavy atom. The van der Waals surface area contributed by atoms with Crippen molar-refractivity contribution in [2.75, 3.05) is 0 Å². The van der Waals surface area contributed by atoms with Gasteiger partial charge < -0.3 is 4.74 Å². The molecule has 0 atom stereocenters. The van der Waals surface area contributed by atoms with Crippen molar-refractivity contribution >= 4 is 21.6 Å². The molecule has 0 saturated carbocycles. The van der Waals surface area contributed by atoms with Gasteiger partial charge in [0.2, 0.25) is 0 Å². The van der Waals surface area contributed by atoms with Gasteiger partial charge in [0, 0.05) is 22.2 Å². The van der Waals surface area contributed by atoms with Crippen LogP contribution in [0.5, 0.6) is 5.75 Å². The maximum absolute atomic E-state index is 13.1. The van der Waals surface area contributed by atoms with Crippen LogP contribution in [0.4, 0.5) is 10.1 Å². The number of rotatable bonds is 4. The monoisotopic (exact) mass is 339 g/mol. The maximum Gasteiger partial charge on any atom is 0.270 e. The first kappa shape index (κ1) is 14.5. The molecule has 2 aromatic carbocycles. The number of nitrogens with zero attached hydrogens (tertiary/aromatic N) is 1. The SMILES string of the molecule is Cc1cc(OCc2ccc([N+](=O)[O-])cc2Br)ccc1F. The molecule has 0 amide bonds. The molecule has 0 fully saturated rings. The highest BCUT2D eigenvalue weighted by atomic mass is 79.9. The number of benzene rings is 2. The van der Waals surface area contributed by atoms with Crippen LogP contribution < -0.4 is 4.74 Å². The van der Waals surface area contributed by atoms with Crippen LogP contribution in [0.1, 0.15) is 11.1 Å². The Morgan fingerprint density at radius 1 is 1.30 bits per heavy atom. The molecule has 2 aromatic rings. The molecular formula is C14H11BrFNO3. The van der Waals surface area contributed by atoms with E-state index in [0.717, 1.165) is 5.56 Å². The minimum absolute atomic E-state index is 0.0123. The highest BCUT2D eigenvalue weighted by Crippen LogP contribution is 2.25. The third-order valence-electron chi connectivity index (χ3n) is 2.77. The zero-order valence-electron chi connectivity index (χ0n) is 10.6. The van der Waals surface area contributed by atoms with E-state index in [1.807, 2.05) is 0 Å². The summed E-state index contributed by atoms with van der Waals surface area (Å²) < 4.78 is 19.3. The largest absolute Gasteiger partial charge is 0.489 e. The zero-order valence-corrected chi connectivity index (χ0v) is 12.2. The number of hydrogen-bond acceptors (Lipinski definition) is 3. The van der Waals surface area contributed by atoms with Crippen molar-refractivity contribution in [3.8, 4) is 5.75 Å². The Kier molecular flexibility index (Phi) is 4.34. The maximum atomic E-state index is 13.1. The molecule has 0 saturated heterocycles. The van der Waals surface area contributed by atoms with Crippen LogP contribution in [-0.2, 0) is 6.61 Å². The van der Waals surface area contributed by atoms with Crippen LogP contribution >= 0.6 is 15.9 Å². The number of non-ortho nitro benzene ring substituents is 1. The van der Waals surface area contributed by atoms with Crippen molar-refractivity contribution < 1.29 is 14.1 Å². The summed E-state index contributed by atoms with van der Waals surface area (Å²) in [6, 6.07) is 8.96. The van der Waals surface area contributed by atoms with E-state index in [4.69, 9.17) is 4.74 Å². The molecule has 0 aromatic heterocycles. The molecule has 0 radical (unpaired) electrons. The van der Waals surface area contributed by atoms with Gasteiger partial charge in [0.1, 0.15) is 18.2 Å². The Balaban J connectivity index is 2.10. The van der Waals surface area contributed by atoms with E-state index in [0.29, 0.717) is 15.8 Å². The average Bonchev–Trinajstić information content (AvgIpc) is 2.41. The van der Waals surface area contributed by atoms with Crippen LogP contribution in [-0.4, -0.2) is 4.92 Å². The van der Waals surface area contributed by atoms with Gasteiger partial charge in [0.15, 0.2) is 0 Å². The fourth-order valence-electron chi connectivity index (χ4n) is 1.63. The van der Waals surface area contributed by atoms with E-state index in [2.05, 4.69) is 15.9 Å². The average molecular weight is 340 g/mol. The highest BCUT2D eigenvalue weighted by Gasteiger charge is 2.09. The van der Waals surface area contributed by atoms with Gasteiger partial charge in [0.25, 0.3) is 5.69 Å². The Morgan fingerprint density at radius 3 is 2.65 bits per heavy atom. The number of nitro groups is 1. The lowest BCUT2D eigenvalue weighted by Crippen LogP contribution is -1.98. The molecule has 0 heterocycles. The first-order valence-electron chi connectivity index (χ1n) is 5.79. The second-order valence-electron chi connectivity index (χ2n) is 4.23. The summed E-state index contributed by atoms with van der Waals surface area (Å²) in [7, 11) is 0. The Labute approximate surface area is 123 Å². The summed E-state index contributed by atoms with van der Waals surface area (Å²) in [5, 5.41) is 10.6. The number of hydrogen-bond donors (Lipinski definition) is 0. The van der Waals surface area contributed by atoms with Crippen LogP contribution in [0.3, 0.4) is 0 Å². The Hall–Kier alpha value is -1.95. The lowest BCUT2D eigenvalue weighted by Gasteiger charge is -2.09. The third kappa shape index (κ3) is 3.33.